The molecule has 4 aromatic carbocycles. The lowest BCUT2D eigenvalue weighted by atomic mass is 9.96. The van der Waals surface area contributed by atoms with E-state index in [1.807, 2.05) is 95.9 Å². The van der Waals surface area contributed by atoms with Crippen molar-refractivity contribution in [1.29, 1.82) is 0 Å². The second-order valence-electron chi connectivity index (χ2n) is 8.88. The monoisotopic (exact) mass is 488 g/mol. The molecule has 0 bridgehead atoms. The third kappa shape index (κ3) is 5.62. The molecule has 5 nitrogen and oxygen atoms in total. The fraction of sp³-hybridized carbons (Fsp3) is 0.125. The molecule has 0 radical (unpaired) electrons. The van der Waals surface area contributed by atoms with Gasteiger partial charge in [0, 0.05) is 11.8 Å². The molecule has 1 aliphatic heterocycles. The molecule has 184 valence electrons. The van der Waals surface area contributed by atoms with Crippen molar-refractivity contribution in [3.63, 3.8) is 0 Å². The summed E-state index contributed by atoms with van der Waals surface area (Å²) in [6.07, 6.45) is 3.55. The number of benzene rings is 4. The number of para-hydroxylation sites is 1. The van der Waals surface area contributed by atoms with Crippen LogP contribution >= 0.6 is 0 Å². The van der Waals surface area contributed by atoms with Crippen molar-refractivity contribution in [1.82, 2.24) is 4.90 Å². The third-order valence-corrected chi connectivity index (χ3v) is 6.51. The van der Waals surface area contributed by atoms with Crippen LogP contribution in [-0.4, -0.2) is 29.4 Å². The van der Waals surface area contributed by atoms with Gasteiger partial charge in [0.1, 0.15) is 6.61 Å². The van der Waals surface area contributed by atoms with E-state index < -0.39 is 12.0 Å². The average molecular weight is 489 g/mol. The maximum atomic E-state index is 13.4. The Morgan fingerprint density at radius 2 is 1.30 bits per heavy atom. The number of nitrogens with zero attached hydrogens (tertiary/aromatic N) is 1. The summed E-state index contributed by atoms with van der Waals surface area (Å²) in [5.74, 6) is -0.537. The number of rotatable bonds is 9. The highest BCUT2D eigenvalue weighted by molar-refractivity contribution is 5.92. The number of nitrogens with one attached hydrogen (secondary N) is 1. The quantitative estimate of drug-likeness (QED) is 0.285. The molecular weight excluding hydrogens is 460 g/mol. The van der Waals surface area contributed by atoms with E-state index in [9.17, 15) is 9.59 Å². The van der Waals surface area contributed by atoms with Crippen molar-refractivity contribution in [3.8, 4) is 0 Å². The molecule has 0 fully saturated rings. The minimum absolute atomic E-state index is 0.0362. The summed E-state index contributed by atoms with van der Waals surface area (Å²) in [6, 6.07) is 37.7. The molecule has 0 aliphatic carbocycles. The zero-order valence-corrected chi connectivity index (χ0v) is 20.3. The lowest BCUT2D eigenvalue weighted by molar-refractivity contribution is -0.130. The fourth-order valence-corrected chi connectivity index (χ4v) is 4.70. The second kappa shape index (κ2) is 11.4. The number of carbonyl (C=O) groups excluding carboxylic acids is 2. The smallest absolute Gasteiger partial charge is 0.338 e. The third-order valence-electron chi connectivity index (χ3n) is 6.51. The summed E-state index contributed by atoms with van der Waals surface area (Å²) in [6.45, 7) is 0.0362. The highest BCUT2D eigenvalue weighted by atomic mass is 16.5. The molecule has 1 N–H and O–H groups in total. The number of esters is 1. The lowest BCUT2D eigenvalue weighted by Crippen LogP contribution is -2.44. The predicted octanol–water partition coefficient (Wildman–Crippen LogP) is 6.21. The minimum Gasteiger partial charge on any atom is -0.460 e. The summed E-state index contributed by atoms with van der Waals surface area (Å²) in [5, 5.41) is 3.63. The van der Waals surface area contributed by atoms with E-state index >= 15 is 0 Å². The van der Waals surface area contributed by atoms with Crippen LogP contribution in [0.15, 0.2) is 133 Å². The Labute approximate surface area is 217 Å². The van der Waals surface area contributed by atoms with Crippen molar-refractivity contribution >= 4 is 17.6 Å². The van der Waals surface area contributed by atoms with Gasteiger partial charge in [-0.1, -0.05) is 103 Å². The van der Waals surface area contributed by atoms with E-state index in [0.29, 0.717) is 5.56 Å². The summed E-state index contributed by atoms with van der Waals surface area (Å²) in [7, 11) is 0. The Bertz CT molecular complexity index is 1340. The summed E-state index contributed by atoms with van der Waals surface area (Å²) in [5.41, 5.74) is 3.38. The van der Waals surface area contributed by atoms with Crippen molar-refractivity contribution in [2.75, 3.05) is 11.9 Å². The van der Waals surface area contributed by atoms with Crippen molar-refractivity contribution in [2.45, 2.75) is 18.1 Å². The number of carbonyl (C=O) groups is 2. The molecule has 0 aromatic heterocycles. The van der Waals surface area contributed by atoms with Crippen molar-refractivity contribution in [3.05, 3.63) is 150 Å². The first-order valence-corrected chi connectivity index (χ1v) is 12.3. The molecule has 0 unspecified atom stereocenters. The van der Waals surface area contributed by atoms with Gasteiger partial charge >= 0.3 is 5.97 Å². The van der Waals surface area contributed by atoms with Gasteiger partial charge in [-0.25, -0.2) is 4.79 Å². The molecule has 1 amide bonds. The Balaban J connectivity index is 1.48. The number of ether oxygens (including phenoxy) is 1. The van der Waals surface area contributed by atoms with Gasteiger partial charge < -0.3 is 15.0 Å². The molecule has 4 aromatic rings. The molecule has 0 saturated heterocycles. The SMILES string of the molecule is O=C(OC[C@@H](c1ccccc1)N1C(=O)C=C[C@H]1[C@H](Nc1ccccc1)c1ccccc1)c1ccccc1. The molecule has 1 aliphatic rings. The summed E-state index contributed by atoms with van der Waals surface area (Å²) >= 11 is 0. The first kappa shape index (κ1) is 24.1. The van der Waals surface area contributed by atoms with Gasteiger partial charge in [-0.05, 0) is 35.4 Å². The molecule has 5 heteroatoms. The first-order chi connectivity index (χ1) is 18.2. The predicted molar refractivity (Wildman–Crippen MR) is 145 cm³/mol. The summed E-state index contributed by atoms with van der Waals surface area (Å²) in [4.78, 5) is 28.0. The molecule has 1 heterocycles. The normalized spacial score (nSPS) is 16.3. The Morgan fingerprint density at radius 3 is 1.92 bits per heavy atom. The maximum Gasteiger partial charge on any atom is 0.338 e. The molecule has 0 saturated carbocycles. The molecular formula is C32H28N2O3. The highest BCUT2D eigenvalue weighted by Crippen LogP contribution is 2.35. The van der Waals surface area contributed by atoms with Crippen LogP contribution in [0, 0.1) is 0 Å². The van der Waals surface area contributed by atoms with E-state index in [-0.39, 0.29) is 24.6 Å². The number of anilines is 1. The highest BCUT2D eigenvalue weighted by Gasteiger charge is 2.39. The van der Waals surface area contributed by atoms with E-state index in [1.54, 1.807) is 30.3 Å². The first-order valence-electron chi connectivity index (χ1n) is 12.3. The van der Waals surface area contributed by atoms with Gasteiger partial charge in [0.25, 0.3) is 0 Å². The van der Waals surface area contributed by atoms with E-state index in [2.05, 4.69) is 17.4 Å². The van der Waals surface area contributed by atoms with Crippen LogP contribution in [0.25, 0.3) is 0 Å². The number of hydrogen-bond donors (Lipinski definition) is 1. The van der Waals surface area contributed by atoms with Gasteiger partial charge in [-0.2, -0.15) is 0 Å². The van der Waals surface area contributed by atoms with Crippen LogP contribution in [0.5, 0.6) is 0 Å². The fourth-order valence-electron chi connectivity index (χ4n) is 4.70. The second-order valence-corrected chi connectivity index (χ2v) is 8.88. The van der Waals surface area contributed by atoms with Gasteiger partial charge in [0.2, 0.25) is 5.91 Å². The topological polar surface area (TPSA) is 58.6 Å². The molecule has 37 heavy (non-hydrogen) atoms. The molecule has 5 rings (SSSR count). The van der Waals surface area contributed by atoms with Crippen LogP contribution in [0.1, 0.15) is 33.6 Å². The standard InChI is InChI=1S/C32H28N2O3/c35-30-22-21-28(31(25-15-7-2-8-16-25)33-27-19-11-4-12-20-27)34(30)29(24-13-5-1-6-14-24)23-37-32(36)26-17-9-3-10-18-26/h1-22,28-29,31,33H,23H2/t28-,29-,31+/m0/s1. The minimum atomic E-state index is -0.467. The van der Waals surface area contributed by atoms with Crippen LogP contribution in [0.4, 0.5) is 5.69 Å². The van der Waals surface area contributed by atoms with Gasteiger partial charge in [-0.15, -0.1) is 0 Å². The van der Waals surface area contributed by atoms with Crippen molar-refractivity contribution in [2.24, 2.45) is 0 Å². The van der Waals surface area contributed by atoms with Crippen LogP contribution in [0.2, 0.25) is 0 Å². The zero-order chi connectivity index (χ0) is 25.5. The van der Waals surface area contributed by atoms with Crippen LogP contribution < -0.4 is 5.32 Å². The largest absolute Gasteiger partial charge is 0.460 e. The van der Waals surface area contributed by atoms with Gasteiger partial charge in [0.15, 0.2) is 0 Å². The Morgan fingerprint density at radius 1 is 0.757 bits per heavy atom. The van der Waals surface area contributed by atoms with Crippen molar-refractivity contribution < 1.29 is 14.3 Å². The number of amides is 1. The Hall–Kier alpha value is -4.64. The number of hydrogen-bond acceptors (Lipinski definition) is 4. The van der Waals surface area contributed by atoms with E-state index in [4.69, 9.17) is 4.74 Å². The average Bonchev–Trinajstić information content (AvgIpc) is 3.34. The van der Waals surface area contributed by atoms with Gasteiger partial charge in [-0.3, -0.25) is 4.79 Å². The zero-order valence-electron chi connectivity index (χ0n) is 20.3. The van der Waals surface area contributed by atoms with E-state index in [0.717, 1.165) is 16.8 Å². The van der Waals surface area contributed by atoms with Crippen LogP contribution in [-0.2, 0) is 9.53 Å². The van der Waals surface area contributed by atoms with E-state index in [1.165, 1.54) is 0 Å². The maximum absolute atomic E-state index is 13.4. The summed E-state index contributed by atoms with van der Waals surface area (Å²) < 4.78 is 5.78. The van der Waals surface area contributed by atoms with Crippen LogP contribution in [0.3, 0.4) is 0 Å². The molecule has 0 spiro atoms. The lowest BCUT2D eigenvalue weighted by Gasteiger charge is -2.38. The molecule has 3 atom stereocenters. The van der Waals surface area contributed by atoms with Gasteiger partial charge in [0.05, 0.1) is 23.7 Å². The Kier molecular flexibility index (Phi) is 7.42.